The summed E-state index contributed by atoms with van der Waals surface area (Å²) in [5, 5.41) is 2.91. The number of nitrogens with zero attached hydrogens (tertiary/aromatic N) is 1. The summed E-state index contributed by atoms with van der Waals surface area (Å²) in [5.41, 5.74) is 2.05. The second-order valence-electron chi connectivity index (χ2n) is 5.50. The van der Waals surface area contributed by atoms with E-state index in [2.05, 4.69) is 12.2 Å². The number of carbonyl (C=O) groups excluding carboxylic acids is 2. The molecule has 0 heterocycles. The van der Waals surface area contributed by atoms with Crippen LogP contribution in [0, 0.1) is 11.8 Å². The van der Waals surface area contributed by atoms with E-state index in [0.717, 1.165) is 12.1 Å². The van der Waals surface area contributed by atoms with Crippen LogP contribution >= 0.6 is 0 Å². The van der Waals surface area contributed by atoms with Crippen molar-refractivity contribution in [2.24, 2.45) is 11.8 Å². The van der Waals surface area contributed by atoms with Crippen LogP contribution < -0.4 is 5.32 Å². The number of aryl methyl sites for hydroxylation is 1. The van der Waals surface area contributed by atoms with E-state index in [0.29, 0.717) is 19.5 Å². The SMILES string of the molecule is CCc1ccc(NC(=O)C2CC2C(=O)N(CC)CC)cc1. The van der Waals surface area contributed by atoms with Crippen molar-refractivity contribution >= 4 is 17.5 Å². The summed E-state index contributed by atoms with van der Waals surface area (Å²) in [5.74, 6) is -0.213. The predicted molar refractivity (Wildman–Crippen MR) is 84.0 cm³/mol. The lowest BCUT2D eigenvalue weighted by molar-refractivity contribution is -0.133. The van der Waals surface area contributed by atoms with Crippen molar-refractivity contribution in [2.45, 2.75) is 33.6 Å². The number of amides is 2. The van der Waals surface area contributed by atoms with Gasteiger partial charge in [0.15, 0.2) is 0 Å². The molecule has 114 valence electrons. The average Bonchev–Trinajstić information content (AvgIpc) is 3.29. The maximum absolute atomic E-state index is 12.2. The average molecular weight is 288 g/mol. The molecular formula is C17H24N2O2. The molecule has 1 fully saturated rings. The van der Waals surface area contributed by atoms with Crippen molar-refractivity contribution < 1.29 is 9.59 Å². The first-order valence-electron chi connectivity index (χ1n) is 7.79. The third kappa shape index (κ3) is 3.63. The maximum atomic E-state index is 12.2. The van der Waals surface area contributed by atoms with E-state index in [1.54, 1.807) is 4.90 Å². The molecule has 4 nitrogen and oxygen atoms in total. The molecule has 2 amide bonds. The van der Waals surface area contributed by atoms with Crippen LogP contribution in [0.25, 0.3) is 0 Å². The smallest absolute Gasteiger partial charge is 0.228 e. The number of hydrogen-bond donors (Lipinski definition) is 1. The second kappa shape index (κ2) is 6.74. The van der Waals surface area contributed by atoms with Crippen LogP contribution in [0.1, 0.15) is 32.8 Å². The minimum atomic E-state index is -0.163. The monoisotopic (exact) mass is 288 g/mol. The standard InChI is InChI=1S/C17H24N2O2/c1-4-12-7-9-13(10-8-12)18-16(20)14-11-15(14)17(21)19(5-2)6-3/h7-10,14-15H,4-6,11H2,1-3H3,(H,18,20). The van der Waals surface area contributed by atoms with Gasteiger partial charge in [0.25, 0.3) is 0 Å². The van der Waals surface area contributed by atoms with Crippen molar-refractivity contribution in [1.82, 2.24) is 4.90 Å². The van der Waals surface area contributed by atoms with Gasteiger partial charge in [-0.05, 0) is 44.4 Å². The molecule has 0 aromatic heterocycles. The third-order valence-electron chi connectivity index (χ3n) is 4.15. The van der Waals surface area contributed by atoms with Gasteiger partial charge in [0.05, 0.1) is 11.8 Å². The lowest BCUT2D eigenvalue weighted by Gasteiger charge is -2.18. The number of nitrogens with one attached hydrogen (secondary N) is 1. The number of hydrogen-bond acceptors (Lipinski definition) is 2. The number of carbonyl (C=O) groups is 2. The van der Waals surface area contributed by atoms with Crippen molar-refractivity contribution in [3.05, 3.63) is 29.8 Å². The van der Waals surface area contributed by atoms with Crippen LogP contribution in [0.4, 0.5) is 5.69 Å². The summed E-state index contributed by atoms with van der Waals surface area (Å²) in [6, 6.07) is 7.86. The molecule has 1 N–H and O–H groups in total. The van der Waals surface area contributed by atoms with Crippen LogP contribution in [0.5, 0.6) is 0 Å². The summed E-state index contributed by atoms with van der Waals surface area (Å²) in [6.45, 7) is 7.45. The number of rotatable bonds is 6. The Balaban J connectivity index is 1.89. The van der Waals surface area contributed by atoms with Gasteiger partial charge in [0, 0.05) is 18.8 Å². The molecule has 4 heteroatoms. The van der Waals surface area contributed by atoms with E-state index in [-0.39, 0.29) is 23.7 Å². The van der Waals surface area contributed by atoms with Gasteiger partial charge < -0.3 is 10.2 Å². The van der Waals surface area contributed by atoms with Gasteiger partial charge in [-0.3, -0.25) is 9.59 Å². The van der Waals surface area contributed by atoms with Crippen LogP contribution in [0.15, 0.2) is 24.3 Å². The topological polar surface area (TPSA) is 49.4 Å². The lowest BCUT2D eigenvalue weighted by Crippen LogP contribution is -2.33. The summed E-state index contributed by atoms with van der Waals surface area (Å²) in [7, 11) is 0. The molecule has 2 atom stereocenters. The normalized spacial score (nSPS) is 20.0. The molecule has 0 spiro atoms. The van der Waals surface area contributed by atoms with Crippen LogP contribution in [0.3, 0.4) is 0 Å². The summed E-state index contributed by atoms with van der Waals surface area (Å²) in [6.07, 6.45) is 1.66. The zero-order valence-electron chi connectivity index (χ0n) is 13.1. The van der Waals surface area contributed by atoms with Gasteiger partial charge in [-0.15, -0.1) is 0 Å². The van der Waals surface area contributed by atoms with E-state index < -0.39 is 0 Å². The van der Waals surface area contributed by atoms with E-state index in [1.807, 2.05) is 38.1 Å². The van der Waals surface area contributed by atoms with Gasteiger partial charge in [-0.2, -0.15) is 0 Å². The van der Waals surface area contributed by atoms with E-state index >= 15 is 0 Å². The highest BCUT2D eigenvalue weighted by Crippen LogP contribution is 2.40. The zero-order chi connectivity index (χ0) is 15.4. The summed E-state index contributed by atoms with van der Waals surface area (Å²) < 4.78 is 0. The fourth-order valence-electron chi connectivity index (χ4n) is 2.59. The van der Waals surface area contributed by atoms with Crippen LogP contribution in [0.2, 0.25) is 0 Å². The Hall–Kier alpha value is -1.84. The highest BCUT2D eigenvalue weighted by Gasteiger charge is 2.49. The largest absolute Gasteiger partial charge is 0.343 e. The van der Waals surface area contributed by atoms with Crippen LogP contribution in [-0.4, -0.2) is 29.8 Å². The Labute approximate surface area is 126 Å². The van der Waals surface area contributed by atoms with Gasteiger partial charge in [0.1, 0.15) is 0 Å². The molecular weight excluding hydrogens is 264 g/mol. The van der Waals surface area contributed by atoms with E-state index in [1.165, 1.54) is 5.56 Å². The number of benzene rings is 1. The van der Waals surface area contributed by atoms with Crippen molar-refractivity contribution in [1.29, 1.82) is 0 Å². The van der Waals surface area contributed by atoms with E-state index in [4.69, 9.17) is 0 Å². The minimum Gasteiger partial charge on any atom is -0.343 e. The first kappa shape index (κ1) is 15.5. The fourth-order valence-corrected chi connectivity index (χ4v) is 2.59. The predicted octanol–water partition coefficient (Wildman–Crippen LogP) is 2.69. The lowest BCUT2D eigenvalue weighted by atomic mass is 10.1. The van der Waals surface area contributed by atoms with Crippen LogP contribution in [-0.2, 0) is 16.0 Å². The Morgan fingerprint density at radius 1 is 1.10 bits per heavy atom. The van der Waals surface area contributed by atoms with Crippen molar-refractivity contribution in [3.8, 4) is 0 Å². The Morgan fingerprint density at radius 2 is 1.71 bits per heavy atom. The van der Waals surface area contributed by atoms with Gasteiger partial charge >= 0.3 is 0 Å². The molecule has 2 unspecified atom stereocenters. The molecule has 1 saturated carbocycles. The van der Waals surface area contributed by atoms with Crippen molar-refractivity contribution in [3.63, 3.8) is 0 Å². The molecule has 2 rings (SSSR count). The minimum absolute atomic E-state index is 0.0373. The molecule has 21 heavy (non-hydrogen) atoms. The highest BCUT2D eigenvalue weighted by molar-refractivity contribution is 5.99. The molecule has 0 radical (unpaired) electrons. The molecule has 1 aromatic carbocycles. The molecule has 1 aliphatic rings. The number of anilines is 1. The van der Waals surface area contributed by atoms with E-state index in [9.17, 15) is 9.59 Å². The first-order valence-corrected chi connectivity index (χ1v) is 7.79. The van der Waals surface area contributed by atoms with Gasteiger partial charge in [0.2, 0.25) is 11.8 Å². The third-order valence-corrected chi connectivity index (χ3v) is 4.15. The fraction of sp³-hybridized carbons (Fsp3) is 0.529. The highest BCUT2D eigenvalue weighted by atomic mass is 16.2. The summed E-state index contributed by atoms with van der Waals surface area (Å²) in [4.78, 5) is 26.1. The molecule has 1 aromatic rings. The summed E-state index contributed by atoms with van der Waals surface area (Å²) >= 11 is 0. The molecule has 0 bridgehead atoms. The molecule has 0 aliphatic heterocycles. The van der Waals surface area contributed by atoms with Crippen molar-refractivity contribution in [2.75, 3.05) is 18.4 Å². The Morgan fingerprint density at radius 3 is 2.24 bits per heavy atom. The maximum Gasteiger partial charge on any atom is 0.228 e. The molecule has 1 aliphatic carbocycles. The Kier molecular flexibility index (Phi) is 4.99. The Bertz CT molecular complexity index is 506. The quantitative estimate of drug-likeness (QED) is 0.875. The second-order valence-corrected chi connectivity index (χ2v) is 5.50. The zero-order valence-corrected chi connectivity index (χ0v) is 13.1. The molecule has 0 saturated heterocycles. The first-order chi connectivity index (χ1) is 10.1. The van der Waals surface area contributed by atoms with Gasteiger partial charge in [-0.25, -0.2) is 0 Å². The van der Waals surface area contributed by atoms with Gasteiger partial charge in [-0.1, -0.05) is 19.1 Å².